The lowest BCUT2D eigenvalue weighted by molar-refractivity contribution is -0.172. The Morgan fingerprint density at radius 1 is 1.22 bits per heavy atom. The van der Waals surface area contributed by atoms with Crippen molar-refractivity contribution in [1.82, 2.24) is 0 Å². The molecule has 0 rings (SSSR count). The number of carbonyl (C=O) groups is 1. The summed E-state index contributed by atoms with van der Waals surface area (Å²) in [5.74, 6) is 0. The molecule has 4 N–H and O–H groups in total. The predicted octanol–water partition coefficient (Wildman–Crippen LogP) is 0.215. The first-order valence-electron chi connectivity index (χ1n) is 6.08. The van der Waals surface area contributed by atoms with Gasteiger partial charge in [-0.2, -0.15) is 0 Å². The van der Waals surface area contributed by atoms with Crippen LogP contribution in [0.2, 0.25) is 0 Å². The predicted molar refractivity (Wildman–Crippen MR) is 66.0 cm³/mol. The van der Waals surface area contributed by atoms with E-state index in [0.717, 1.165) is 6.42 Å². The van der Waals surface area contributed by atoms with Crippen molar-refractivity contribution in [3.63, 3.8) is 0 Å². The minimum Gasteiger partial charge on any atom is -0.417 e. The molecule has 18 heavy (non-hydrogen) atoms. The Morgan fingerprint density at radius 3 is 2.50 bits per heavy atom. The molecule has 0 aliphatic carbocycles. The van der Waals surface area contributed by atoms with E-state index in [1.54, 1.807) is 13.8 Å². The Bertz CT molecular complexity index is 216. The molecule has 0 spiro atoms. The van der Waals surface area contributed by atoms with Crippen molar-refractivity contribution < 1.29 is 23.7 Å². The molecule has 0 aliphatic heterocycles. The molecule has 0 fully saturated rings. The molecule has 0 aromatic heterocycles. The maximum Gasteiger partial charge on any atom is 0.406 e. The van der Waals surface area contributed by atoms with Crippen LogP contribution in [-0.2, 0) is 18.9 Å². The molecule has 2 unspecified atom stereocenters. The summed E-state index contributed by atoms with van der Waals surface area (Å²) in [6.07, 6.45) is -1.27. The minimum atomic E-state index is -0.886. The van der Waals surface area contributed by atoms with Gasteiger partial charge < -0.3 is 30.4 Å². The lowest BCUT2D eigenvalue weighted by Crippen LogP contribution is -2.36. The fraction of sp³-hybridized carbons (Fsp3) is 0.909. The first kappa shape index (κ1) is 17.1. The summed E-state index contributed by atoms with van der Waals surface area (Å²) in [4.78, 5) is 10.7. The zero-order valence-corrected chi connectivity index (χ0v) is 11.1. The highest BCUT2D eigenvalue weighted by molar-refractivity contribution is 5.64. The Labute approximate surface area is 108 Å². The van der Waals surface area contributed by atoms with E-state index in [2.05, 4.69) is 0 Å². The number of hydrogen-bond donors (Lipinski definition) is 2. The van der Waals surface area contributed by atoms with E-state index >= 15 is 0 Å². The van der Waals surface area contributed by atoms with Gasteiger partial charge in [0, 0.05) is 13.2 Å². The topological polar surface area (TPSA) is 106 Å². The number of nitrogens with two attached hydrogens (primary N) is 2. The summed E-state index contributed by atoms with van der Waals surface area (Å²) in [5.41, 5.74) is 10.3. The van der Waals surface area contributed by atoms with Gasteiger partial charge in [0.05, 0.1) is 13.2 Å². The quantitative estimate of drug-likeness (QED) is 0.408. The lowest BCUT2D eigenvalue weighted by atomic mass is 10.4. The molecule has 0 radical (unpaired) electrons. The molecule has 0 bridgehead atoms. The number of ether oxygens (including phenoxy) is 4. The van der Waals surface area contributed by atoms with Crippen LogP contribution >= 0.6 is 0 Å². The molecule has 7 heteroatoms. The summed E-state index contributed by atoms with van der Waals surface area (Å²) in [5, 5.41) is 0. The SMILES string of the molecule is CCOC(OC(N)=O)C(C)OCCOCCCN. The van der Waals surface area contributed by atoms with E-state index < -0.39 is 18.5 Å². The summed E-state index contributed by atoms with van der Waals surface area (Å²) < 4.78 is 20.7. The third-order valence-electron chi connectivity index (χ3n) is 2.05. The van der Waals surface area contributed by atoms with Crippen LogP contribution in [0.1, 0.15) is 20.3 Å². The van der Waals surface area contributed by atoms with Gasteiger partial charge in [-0.25, -0.2) is 4.79 Å². The maximum absolute atomic E-state index is 10.7. The Morgan fingerprint density at radius 2 is 1.94 bits per heavy atom. The van der Waals surface area contributed by atoms with E-state index in [9.17, 15) is 4.79 Å². The van der Waals surface area contributed by atoms with Crippen LogP contribution < -0.4 is 11.5 Å². The number of carbonyl (C=O) groups excluding carboxylic acids is 1. The van der Waals surface area contributed by atoms with Crippen LogP contribution in [0.15, 0.2) is 0 Å². The van der Waals surface area contributed by atoms with Crippen LogP contribution in [0.3, 0.4) is 0 Å². The lowest BCUT2D eigenvalue weighted by Gasteiger charge is -2.23. The molecule has 108 valence electrons. The van der Waals surface area contributed by atoms with Crippen LogP contribution in [0.4, 0.5) is 4.79 Å². The van der Waals surface area contributed by atoms with Crippen LogP contribution in [0.5, 0.6) is 0 Å². The number of hydrogen-bond acceptors (Lipinski definition) is 6. The van der Waals surface area contributed by atoms with Crippen molar-refractivity contribution in [3.05, 3.63) is 0 Å². The van der Waals surface area contributed by atoms with E-state index in [1.807, 2.05) is 0 Å². The number of rotatable bonds is 11. The highest BCUT2D eigenvalue weighted by Gasteiger charge is 2.21. The third-order valence-corrected chi connectivity index (χ3v) is 2.05. The van der Waals surface area contributed by atoms with Crippen LogP contribution in [-0.4, -0.2) is 51.5 Å². The summed E-state index contributed by atoms with van der Waals surface area (Å²) in [7, 11) is 0. The van der Waals surface area contributed by atoms with Crippen molar-refractivity contribution in [3.8, 4) is 0 Å². The zero-order chi connectivity index (χ0) is 13.8. The molecule has 2 atom stereocenters. The molecule has 1 amide bonds. The average Bonchev–Trinajstić information content (AvgIpc) is 2.32. The minimum absolute atomic E-state index is 0.386. The first-order valence-corrected chi connectivity index (χ1v) is 6.08. The second-order valence-corrected chi connectivity index (χ2v) is 3.59. The second kappa shape index (κ2) is 11.2. The second-order valence-electron chi connectivity index (χ2n) is 3.59. The Kier molecular flexibility index (Phi) is 10.7. The normalized spacial score (nSPS) is 14.2. The van der Waals surface area contributed by atoms with Gasteiger partial charge >= 0.3 is 6.09 Å². The largest absolute Gasteiger partial charge is 0.417 e. The maximum atomic E-state index is 10.7. The van der Waals surface area contributed by atoms with Gasteiger partial charge in [0.1, 0.15) is 6.10 Å². The fourth-order valence-electron chi connectivity index (χ4n) is 1.20. The van der Waals surface area contributed by atoms with Crippen LogP contribution in [0.25, 0.3) is 0 Å². The van der Waals surface area contributed by atoms with E-state index in [4.69, 9.17) is 30.4 Å². The molecule has 7 nitrogen and oxygen atoms in total. The molecular formula is C11H24N2O5. The summed E-state index contributed by atoms with van der Waals surface area (Å²) >= 11 is 0. The Balaban J connectivity index is 3.73. The van der Waals surface area contributed by atoms with Gasteiger partial charge in [-0.15, -0.1) is 0 Å². The van der Waals surface area contributed by atoms with Crippen molar-refractivity contribution in [2.45, 2.75) is 32.7 Å². The van der Waals surface area contributed by atoms with Gasteiger partial charge in [-0.05, 0) is 26.8 Å². The molecule has 0 aromatic carbocycles. The van der Waals surface area contributed by atoms with Gasteiger partial charge in [0.15, 0.2) is 0 Å². The van der Waals surface area contributed by atoms with Crippen molar-refractivity contribution in [1.29, 1.82) is 0 Å². The van der Waals surface area contributed by atoms with Crippen molar-refractivity contribution in [2.24, 2.45) is 11.5 Å². The zero-order valence-electron chi connectivity index (χ0n) is 11.1. The molecule has 0 aromatic rings. The van der Waals surface area contributed by atoms with Crippen molar-refractivity contribution in [2.75, 3.05) is 33.0 Å². The van der Waals surface area contributed by atoms with Gasteiger partial charge in [-0.1, -0.05) is 0 Å². The molecular weight excluding hydrogens is 240 g/mol. The Hall–Kier alpha value is -0.890. The molecule has 0 saturated carbocycles. The van der Waals surface area contributed by atoms with Gasteiger partial charge in [0.25, 0.3) is 0 Å². The van der Waals surface area contributed by atoms with E-state index in [1.165, 1.54) is 0 Å². The van der Waals surface area contributed by atoms with E-state index in [-0.39, 0.29) is 0 Å². The smallest absolute Gasteiger partial charge is 0.406 e. The summed E-state index contributed by atoms with van der Waals surface area (Å²) in [6.45, 7) is 6.00. The standard InChI is InChI=1S/C11H24N2O5/c1-3-16-10(18-11(13)14)9(2)17-8-7-15-6-4-5-12/h9-10H,3-8,12H2,1-2H3,(H2,13,14). The van der Waals surface area contributed by atoms with E-state index in [0.29, 0.717) is 33.0 Å². The van der Waals surface area contributed by atoms with Crippen LogP contribution in [0, 0.1) is 0 Å². The van der Waals surface area contributed by atoms with Gasteiger partial charge in [-0.3, -0.25) is 0 Å². The molecule has 0 aliphatic rings. The fourth-order valence-corrected chi connectivity index (χ4v) is 1.20. The van der Waals surface area contributed by atoms with Gasteiger partial charge in [0.2, 0.25) is 6.29 Å². The highest BCUT2D eigenvalue weighted by atomic mass is 16.7. The number of primary amides is 1. The molecule has 0 saturated heterocycles. The monoisotopic (exact) mass is 264 g/mol. The van der Waals surface area contributed by atoms with Crippen molar-refractivity contribution >= 4 is 6.09 Å². The average molecular weight is 264 g/mol. The highest BCUT2D eigenvalue weighted by Crippen LogP contribution is 2.06. The molecule has 0 heterocycles. The third kappa shape index (κ3) is 9.17. The number of amides is 1. The summed E-state index contributed by atoms with van der Waals surface area (Å²) in [6, 6.07) is 0. The first-order chi connectivity index (χ1) is 8.61.